The molecule has 0 N–H and O–H groups in total. The van der Waals surface area contributed by atoms with E-state index in [1.54, 1.807) is 0 Å². The fourth-order valence-corrected chi connectivity index (χ4v) is 3.73. The molecule has 4 nitrogen and oxygen atoms in total. The van der Waals surface area contributed by atoms with Gasteiger partial charge in [0.05, 0.1) is 5.75 Å². The van der Waals surface area contributed by atoms with E-state index in [9.17, 15) is 13.2 Å². The van der Waals surface area contributed by atoms with Crippen molar-refractivity contribution in [2.75, 3.05) is 13.1 Å². The minimum Gasteiger partial charge on any atom is -0.303 e. The Labute approximate surface area is 108 Å². The molecule has 1 aliphatic rings. The fourth-order valence-electron chi connectivity index (χ4n) is 2.17. The third-order valence-electron chi connectivity index (χ3n) is 3.28. The van der Waals surface area contributed by atoms with E-state index in [1.165, 1.54) is 4.31 Å². The molecule has 0 aromatic heterocycles. The van der Waals surface area contributed by atoms with Gasteiger partial charge >= 0.3 is 0 Å². The Morgan fingerprint density at radius 1 is 1.17 bits per heavy atom. The zero-order valence-electron chi connectivity index (χ0n) is 10.2. The van der Waals surface area contributed by atoms with Crippen LogP contribution in [0.5, 0.6) is 0 Å². The molecule has 1 saturated heterocycles. The molecule has 1 fully saturated rings. The largest absolute Gasteiger partial charge is 0.303 e. The number of piperidine rings is 1. The van der Waals surface area contributed by atoms with Crippen LogP contribution < -0.4 is 0 Å². The van der Waals surface area contributed by atoms with Crippen LogP contribution in [0, 0.1) is 5.92 Å². The lowest BCUT2D eigenvalue weighted by molar-refractivity contribution is -0.112. The second kappa shape index (κ2) is 5.63. The molecule has 0 spiro atoms. The van der Waals surface area contributed by atoms with Crippen LogP contribution >= 0.6 is 0 Å². The van der Waals surface area contributed by atoms with E-state index in [4.69, 9.17) is 0 Å². The van der Waals surface area contributed by atoms with Gasteiger partial charge in [0, 0.05) is 19.0 Å². The fraction of sp³-hybridized carbons (Fsp3) is 0.462. The maximum Gasteiger partial charge on any atom is 0.218 e. The zero-order valence-corrected chi connectivity index (χ0v) is 11.0. The number of rotatable bonds is 4. The van der Waals surface area contributed by atoms with Crippen molar-refractivity contribution in [2.45, 2.75) is 18.6 Å². The second-order valence-corrected chi connectivity index (χ2v) is 6.58. The predicted molar refractivity (Wildman–Crippen MR) is 69.4 cm³/mol. The molecular formula is C13H17NO3S. The number of hydrogen-bond acceptors (Lipinski definition) is 3. The summed E-state index contributed by atoms with van der Waals surface area (Å²) in [5, 5.41) is 0. The van der Waals surface area contributed by atoms with Crippen LogP contribution in [0.3, 0.4) is 0 Å². The van der Waals surface area contributed by atoms with E-state index in [1.807, 2.05) is 30.3 Å². The predicted octanol–water partition coefficient (Wildman–Crippen LogP) is 1.43. The van der Waals surface area contributed by atoms with Gasteiger partial charge < -0.3 is 4.79 Å². The number of sulfonamides is 1. The topological polar surface area (TPSA) is 54.5 Å². The van der Waals surface area contributed by atoms with Crippen LogP contribution in [0.25, 0.3) is 0 Å². The SMILES string of the molecule is O=CC1CCN(S(=O)(=O)Cc2ccccc2)CC1. The second-order valence-electron chi connectivity index (χ2n) is 4.61. The normalized spacial score (nSPS) is 18.7. The highest BCUT2D eigenvalue weighted by Crippen LogP contribution is 2.20. The summed E-state index contributed by atoms with van der Waals surface area (Å²) in [6.07, 6.45) is 2.20. The summed E-state index contributed by atoms with van der Waals surface area (Å²) in [4.78, 5) is 10.6. The van der Waals surface area contributed by atoms with Crippen molar-refractivity contribution in [1.82, 2.24) is 4.31 Å². The van der Waals surface area contributed by atoms with Gasteiger partial charge in [-0.2, -0.15) is 0 Å². The van der Waals surface area contributed by atoms with E-state index in [-0.39, 0.29) is 11.7 Å². The van der Waals surface area contributed by atoms with Crippen molar-refractivity contribution < 1.29 is 13.2 Å². The van der Waals surface area contributed by atoms with Gasteiger partial charge in [0.15, 0.2) is 0 Å². The van der Waals surface area contributed by atoms with Gasteiger partial charge in [-0.3, -0.25) is 0 Å². The number of aldehydes is 1. The number of carbonyl (C=O) groups excluding carboxylic acids is 1. The molecule has 1 aromatic carbocycles. The first-order chi connectivity index (χ1) is 8.62. The lowest BCUT2D eigenvalue weighted by Crippen LogP contribution is -2.39. The first kappa shape index (κ1) is 13.2. The highest BCUT2D eigenvalue weighted by Gasteiger charge is 2.27. The maximum absolute atomic E-state index is 12.2. The molecule has 18 heavy (non-hydrogen) atoms. The Morgan fingerprint density at radius 3 is 2.33 bits per heavy atom. The maximum atomic E-state index is 12.2. The molecule has 0 bridgehead atoms. The lowest BCUT2D eigenvalue weighted by atomic mass is 10.0. The molecule has 5 heteroatoms. The average Bonchev–Trinajstić information content (AvgIpc) is 2.39. The van der Waals surface area contributed by atoms with Crippen molar-refractivity contribution in [3.63, 3.8) is 0 Å². The third kappa shape index (κ3) is 3.17. The Balaban J connectivity index is 2.02. The Morgan fingerprint density at radius 2 is 1.78 bits per heavy atom. The van der Waals surface area contributed by atoms with Gasteiger partial charge in [-0.1, -0.05) is 30.3 Å². The van der Waals surface area contributed by atoms with Crippen LogP contribution in [-0.2, 0) is 20.6 Å². The molecule has 1 aliphatic heterocycles. The summed E-state index contributed by atoms with van der Waals surface area (Å²) >= 11 is 0. The molecule has 0 radical (unpaired) electrons. The number of hydrogen-bond donors (Lipinski definition) is 0. The first-order valence-electron chi connectivity index (χ1n) is 6.09. The summed E-state index contributed by atoms with van der Waals surface area (Å²) < 4.78 is 25.9. The summed E-state index contributed by atoms with van der Waals surface area (Å²) in [6, 6.07) is 9.17. The summed E-state index contributed by atoms with van der Waals surface area (Å²) in [5.74, 6) is 0.0627. The molecule has 2 rings (SSSR count). The quantitative estimate of drug-likeness (QED) is 0.775. The van der Waals surface area contributed by atoms with Gasteiger partial charge in [-0.25, -0.2) is 12.7 Å². The van der Waals surface area contributed by atoms with Crippen LogP contribution in [0.2, 0.25) is 0 Å². The Kier molecular flexibility index (Phi) is 4.14. The summed E-state index contributed by atoms with van der Waals surface area (Å²) in [7, 11) is -3.25. The highest BCUT2D eigenvalue weighted by atomic mass is 32.2. The number of benzene rings is 1. The molecule has 0 saturated carbocycles. The van der Waals surface area contributed by atoms with E-state index in [0.717, 1.165) is 11.8 Å². The molecule has 1 heterocycles. The van der Waals surface area contributed by atoms with Crippen LogP contribution in [-0.4, -0.2) is 32.1 Å². The Hall–Kier alpha value is -1.20. The van der Waals surface area contributed by atoms with Crippen molar-refractivity contribution in [2.24, 2.45) is 5.92 Å². The molecule has 98 valence electrons. The van der Waals surface area contributed by atoms with Gasteiger partial charge in [0.1, 0.15) is 6.29 Å². The van der Waals surface area contributed by atoms with E-state index in [0.29, 0.717) is 25.9 Å². The average molecular weight is 267 g/mol. The van der Waals surface area contributed by atoms with Crippen LogP contribution in [0.1, 0.15) is 18.4 Å². The number of carbonyl (C=O) groups is 1. The first-order valence-corrected chi connectivity index (χ1v) is 7.70. The zero-order chi connectivity index (χ0) is 13.0. The summed E-state index contributed by atoms with van der Waals surface area (Å²) in [5.41, 5.74) is 0.801. The van der Waals surface area contributed by atoms with Crippen molar-refractivity contribution in [3.05, 3.63) is 35.9 Å². The minimum absolute atomic E-state index is 0.0215. The molecule has 0 atom stereocenters. The molecule has 0 unspecified atom stereocenters. The van der Waals surface area contributed by atoms with Gasteiger partial charge in [-0.05, 0) is 18.4 Å². The lowest BCUT2D eigenvalue weighted by Gasteiger charge is -2.28. The monoisotopic (exact) mass is 267 g/mol. The standard InChI is InChI=1S/C13H17NO3S/c15-10-12-6-8-14(9-7-12)18(16,17)11-13-4-2-1-3-5-13/h1-5,10,12H,6-9,11H2. The van der Waals surface area contributed by atoms with E-state index < -0.39 is 10.0 Å². The van der Waals surface area contributed by atoms with E-state index >= 15 is 0 Å². The van der Waals surface area contributed by atoms with Gasteiger partial charge in [0.25, 0.3) is 0 Å². The van der Waals surface area contributed by atoms with Crippen molar-refractivity contribution in [3.8, 4) is 0 Å². The van der Waals surface area contributed by atoms with Crippen molar-refractivity contribution in [1.29, 1.82) is 0 Å². The molecular weight excluding hydrogens is 250 g/mol. The van der Waals surface area contributed by atoms with Gasteiger partial charge in [-0.15, -0.1) is 0 Å². The van der Waals surface area contributed by atoms with Crippen LogP contribution in [0.4, 0.5) is 0 Å². The van der Waals surface area contributed by atoms with Crippen molar-refractivity contribution >= 4 is 16.3 Å². The highest BCUT2D eigenvalue weighted by molar-refractivity contribution is 7.88. The van der Waals surface area contributed by atoms with Crippen LogP contribution in [0.15, 0.2) is 30.3 Å². The molecule has 0 amide bonds. The molecule has 0 aliphatic carbocycles. The minimum atomic E-state index is -3.25. The Bertz CT molecular complexity index is 490. The van der Waals surface area contributed by atoms with E-state index in [2.05, 4.69) is 0 Å². The third-order valence-corrected chi connectivity index (χ3v) is 5.13. The molecule has 1 aromatic rings. The smallest absolute Gasteiger partial charge is 0.218 e. The van der Waals surface area contributed by atoms with Gasteiger partial charge in [0.2, 0.25) is 10.0 Å². The summed E-state index contributed by atoms with van der Waals surface area (Å²) in [6.45, 7) is 0.914. The number of nitrogens with zero attached hydrogens (tertiary/aromatic N) is 1.